The maximum atomic E-state index is 13.1. The number of tetrazole rings is 1. The molecule has 1 N–H and O–H groups in total. The molecule has 1 atom stereocenters. The predicted molar refractivity (Wildman–Crippen MR) is 134 cm³/mol. The number of carbonyl (C=O) groups is 1. The monoisotopic (exact) mass is 480 g/mol. The summed E-state index contributed by atoms with van der Waals surface area (Å²) in [4.78, 5) is 30.8. The molecule has 3 aromatic rings. The van der Waals surface area contributed by atoms with Crippen molar-refractivity contribution in [3.8, 4) is 0 Å². The Kier molecular flexibility index (Phi) is 8.28. The molecule has 0 saturated heterocycles. The minimum absolute atomic E-state index is 0.0231. The molecule has 1 aromatic carbocycles. The standard InChI is InChI=1S/C26H36N6O3/c1-4-9-23(25-28-29-30-32(25)17-24(33)35-5-2)31(21-10-7-6-8-11-21)16-20-15-19-14-18(3)12-13-22(19)27-26(20)34/h12-15,21,23H,4-11,16-17H2,1-3H3,(H,27,34)/t23-/m1/s1. The Morgan fingerprint density at radius 1 is 1.23 bits per heavy atom. The molecule has 0 amide bonds. The summed E-state index contributed by atoms with van der Waals surface area (Å²) in [6.45, 7) is 6.76. The molecule has 2 heterocycles. The summed E-state index contributed by atoms with van der Waals surface area (Å²) >= 11 is 0. The van der Waals surface area contributed by atoms with Crippen LogP contribution in [0.25, 0.3) is 10.9 Å². The first kappa shape index (κ1) is 25.0. The third-order valence-corrected chi connectivity index (χ3v) is 6.88. The fourth-order valence-corrected chi connectivity index (χ4v) is 5.20. The van der Waals surface area contributed by atoms with Gasteiger partial charge < -0.3 is 9.72 Å². The molecule has 1 fully saturated rings. The Morgan fingerprint density at radius 3 is 2.77 bits per heavy atom. The van der Waals surface area contributed by atoms with Crippen molar-refractivity contribution in [2.75, 3.05) is 6.61 Å². The lowest BCUT2D eigenvalue weighted by Crippen LogP contribution is -2.41. The van der Waals surface area contributed by atoms with Crippen molar-refractivity contribution in [3.05, 3.63) is 51.6 Å². The smallest absolute Gasteiger partial charge is 0.327 e. The number of carbonyl (C=O) groups excluding carboxylic acids is 1. The number of aryl methyl sites for hydroxylation is 1. The van der Waals surface area contributed by atoms with Crippen LogP contribution in [0.2, 0.25) is 0 Å². The summed E-state index contributed by atoms with van der Waals surface area (Å²) in [5.74, 6) is 0.292. The van der Waals surface area contributed by atoms with Crippen molar-refractivity contribution in [1.82, 2.24) is 30.1 Å². The van der Waals surface area contributed by atoms with E-state index in [9.17, 15) is 9.59 Å². The number of H-pyrrole nitrogens is 1. The number of rotatable bonds is 10. The van der Waals surface area contributed by atoms with Crippen LogP contribution in [0.15, 0.2) is 29.1 Å². The Labute approximate surface area is 205 Å². The zero-order valence-corrected chi connectivity index (χ0v) is 21.0. The molecule has 1 aliphatic carbocycles. The van der Waals surface area contributed by atoms with E-state index in [1.807, 2.05) is 18.2 Å². The van der Waals surface area contributed by atoms with Crippen molar-refractivity contribution in [2.45, 2.75) is 90.9 Å². The third-order valence-electron chi connectivity index (χ3n) is 6.88. The van der Waals surface area contributed by atoms with E-state index in [0.717, 1.165) is 47.7 Å². The van der Waals surface area contributed by atoms with E-state index >= 15 is 0 Å². The number of nitrogens with one attached hydrogen (secondary N) is 1. The fraction of sp³-hybridized carbons (Fsp3) is 0.577. The van der Waals surface area contributed by atoms with Gasteiger partial charge >= 0.3 is 5.97 Å². The average molecular weight is 481 g/mol. The van der Waals surface area contributed by atoms with Crippen LogP contribution in [0.4, 0.5) is 0 Å². The second-order valence-electron chi connectivity index (χ2n) is 9.48. The van der Waals surface area contributed by atoms with Gasteiger partial charge in [-0.05, 0) is 67.1 Å². The Bertz CT molecular complexity index is 1200. The summed E-state index contributed by atoms with van der Waals surface area (Å²) < 4.78 is 6.69. The number of aromatic amines is 1. The van der Waals surface area contributed by atoms with Gasteiger partial charge in [-0.3, -0.25) is 14.5 Å². The first-order chi connectivity index (χ1) is 17.0. The Balaban J connectivity index is 1.72. The first-order valence-corrected chi connectivity index (χ1v) is 12.8. The van der Waals surface area contributed by atoms with Crippen molar-refractivity contribution in [1.29, 1.82) is 0 Å². The van der Waals surface area contributed by atoms with Gasteiger partial charge in [0.15, 0.2) is 5.82 Å². The van der Waals surface area contributed by atoms with Crippen LogP contribution in [0.1, 0.15) is 81.8 Å². The average Bonchev–Trinajstić information content (AvgIpc) is 3.30. The molecule has 35 heavy (non-hydrogen) atoms. The lowest BCUT2D eigenvalue weighted by molar-refractivity contribution is -0.144. The number of ether oxygens (including phenoxy) is 1. The summed E-state index contributed by atoms with van der Waals surface area (Å²) in [5, 5.41) is 13.4. The van der Waals surface area contributed by atoms with E-state index in [2.05, 4.69) is 45.3 Å². The third kappa shape index (κ3) is 5.96. The summed E-state index contributed by atoms with van der Waals surface area (Å²) in [6.07, 6.45) is 7.47. The minimum atomic E-state index is -0.359. The zero-order chi connectivity index (χ0) is 24.8. The number of aromatic nitrogens is 5. The van der Waals surface area contributed by atoms with E-state index in [4.69, 9.17) is 4.74 Å². The highest BCUT2D eigenvalue weighted by Gasteiger charge is 2.33. The van der Waals surface area contributed by atoms with Crippen LogP contribution in [0.5, 0.6) is 0 Å². The first-order valence-electron chi connectivity index (χ1n) is 12.8. The lowest BCUT2D eigenvalue weighted by Gasteiger charge is -2.39. The number of benzene rings is 1. The fourth-order valence-electron chi connectivity index (χ4n) is 5.20. The minimum Gasteiger partial charge on any atom is -0.465 e. The molecular weight excluding hydrogens is 444 g/mol. The molecule has 0 unspecified atom stereocenters. The van der Waals surface area contributed by atoms with Gasteiger partial charge in [-0.1, -0.05) is 44.2 Å². The maximum absolute atomic E-state index is 13.1. The zero-order valence-electron chi connectivity index (χ0n) is 21.0. The number of pyridine rings is 1. The van der Waals surface area contributed by atoms with Crippen LogP contribution in [0.3, 0.4) is 0 Å². The number of fused-ring (bicyclic) bond motifs is 1. The predicted octanol–water partition coefficient (Wildman–Crippen LogP) is 4.06. The van der Waals surface area contributed by atoms with Crippen LogP contribution in [0, 0.1) is 6.92 Å². The van der Waals surface area contributed by atoms with Crippen LogP contribution < -0.4 is 5.56 Å². The maximum Gasteiger partial charge on any atom is 0.327 e. The van der Waals surface area contributed by atoms with Gasteiger partial charge in [0.2, 0.25) is 0 Å². The largest absolute Gasteiger partial charge is 0.465 e. The van der Waals surface area contributed by atoms with E-state index in [1.54, 1.807) is 11.6 Å². The highest BCUT2D eigenvalue weighted by molar-refractivity contribution is 5.79. The Morgan fingerprint density at radius 2 is 2.03 bits per heavy atom. The van der Waals surface area contributed by atoms with Crippen molar-refractivity contribution < 1.29 is 9.53 Å². The second-order valence-corrected chi connectivity index (χ2v) is 9.48. The van der Waals surface area contributed by atoms with E-state index in [-0.39, 0.29) is 24.1 Å². The number of nitrogens with zero attached hydrogens (tertiary/aromatic N) is 5. The van der Waals surface area contributed by atoms with Crippen molar-refractivity contribution in [2.24, 2.45) is 0 Å². The van der Waals surface area contributed by atoms with Gasteiger partial charge in [-0.2, -0.15) is 0 Å². The molecule has 0 spiro atoms. The summed E-state index contributed by atoms with van der Waals surface area (Å²) in [6, 6.07) is 8.29. The molecule has 0 bridgehead atoms. The normalized spacial score (nSPS) is 15.5. The van der Waals surface area contributed by atoms with E-state index in [0.29, 0.717) is 25.0 Å². The van der Waals surface area contributed by atoms with Gasteiger partial charge in [0, 0.05) is 23.7 Å². The quantitative estimate of drug-likeness (QED) is 0.436. The molecule has 1 aliphatic rings. The van der Waals surface area contributed by atoms with Gasteiger partial charge in [-0.25, -0.2) is 4.68 Å². The molecule has 2 aromatic heterocycles. The summed E-state index contributed by atoms with van der Waals surface area (Å²) in [5.41, 5.74) is 2.67. The van der Waals surface area contributed by atoms with Gasteiger partial charge in [0.05, 0.1) is 12.6 Å². The van der Waals surface area contributed by atoms with Gasteiger partial charge in [-0.15, -0.1) is 5.10 Å². The van der Waals surface area contributed by atoms with Gasteiger partial charge in [0.25, 0.3) is 5.56 Å². The molecule has 188 valence electrons. The second kappa shape index (κ2) is 11.6. The molecule has 1 saturated carbocycles. The van der Waals surface area contributed by atoms with Crippen LogP contribution in [-0.2, 0) is 22.6 Å². The summed E-state index contributed by atoms with van der Waals surface area (Å²) in [7, 11) is 0. The number of esters is 1. The topological polar surface area (TPSA) is 106 Å². The SMILES string of the molecule is CCC[C@H](c1nnnn1CC(=O)OCC)N(Cc1cc2cc(C)ccc2[nH]c1=O)C1CCCCC1. The molecular formula is C26H36N6O3. The molecule has 9 heteroatoms. The molecule has 4 rings (SSSR count). The molecule has 9 nitrogen and oxygen atoms in total. The lowest BCUT2D eigenvalue weighted by atomic mass is 9.91. The van der Waals surface area contributed by atoms with Crippen LogP contribution in [-0.4, -0.2) is 48.7 Å². The number of hydrogen-bond acceptors (Lipinski definition) is 7. The molecule has 0 aliphatic heterocycles. The highest BCUT2D eigenvalue weighted by Crippen LogP contribution is 2.33. The van der Waals surface area contributed by atoms with Gasteiger partial charge in [0.1, 0.15) is 6.54 Å². The van der Waals surface area contributed by atoms with Crippen molar-refractivity contribution in [3.63, 3.8) is 0 Å². The molecule has 0 radical (unpaired) electrons. The number of hydrogen-bond donors (Lipinski definition) is 1. The van der Waals surface area contributed by atoms with E-state index < -0.39 is 0 Å². The Hall–Kier alpha value is -3.07. The van der Waals surface area contributed by atoms with E-state index in [1.165, 1.54) is 19.3 Å². The van der Waals surface area contributed by atoms with Crippen LogP contribution >= 0.6 is 0 Å². The highest BCUT2D eigenvalue weighted by atomic mass is 16.5. The van der Waals surface area contributed by atoms with Crippen molar-refractivity contribution >= 4 is 16.9 Å².